The van der Waals surface area contributed by atoms with Crippen LogP contribution in [0.15, 0.2) is 12.2 Å². The van der Waals surface area contributed by atoms with E-state index in [1.807, 2.05) is 0 Å². The van der Waals surface area contributed by atoms with E-state index in [4.69, 9.17) is 14.2 Å². The standard InChI is InChI=1S/C41H76O6/c1-4-5-24-30-38-39(47-38)31-26-21-17-14-15-19-23-28-33-41(44)46-35-37(42)34-45-40(43)32-27-22-18-13-11-9-7-6-8-10-12-16-20-25-29-36(2)3/h21,26,36-39,42H,4-20,22-25,27-35H2,1-3H3/b26-21-/t37-,38?,39?/m0/s1. The van der Waals surface area contributed by atoms with Crippen LogP contribution in [-0.2, 0) is 23.8 Å². The first kappa shape index (κ1) is 43.6. The van der Waals surface area contributed by atoms with Gasteiger partial charge >= 0.3 is 11.9 Å². The summed E-state index contributed by atoms with van der Waals surface area (Å²) in [6.07, 6.45) is 37.2. The average molecular weight is 665 g/mol. The van der Waals surface area contributed by atoms with Gasteiger partial charge in [-0.3, -0.25) is 9.59 Å². The Labute approximate surface area is 290 Å². The molecule has 1 N–H and O–H groups in total. The zero-order valence-electron chi connectivity index (χ0n) is 31.2. The minimum atomic E-state index is -0.968. The number of unbranched alkanes of at least 4 members (excludes halogenated alkanes) is 20. The lowest BCUT2D eigenvalue weighted by atomic mass is 10.0. The van der Waals surface area contributed by atoms with E-state index in [1.165, 1.54) is 116 Å². The second-order valence-corrected chi connectivity index (χ2v) is 14.6. The summed E-state index contributed by atoms with van der Waals surface area (Å²) in [7, 11) is 0. The molecule has 1 aliphatic heterocycles. The number of aliphatic hydroxyl groups excluding tert-OH is 1. The van der Waals surface area contributed by atoms with Gasteiger partial charge in [-0.2, -0.15) is 0 Å². The molecule has 1 heterocycles. The van der Waals surface area contributed by atoms with E-state index in [9.17, 15) is 14.7 Å². The molecule has 0 radical (unpaired) electrons. The molecule has 1 rings (SSSR count). The molecule has 6 nitrogen and oxygen atoms in total. The second kappa shape index (κ2) is 31.8. The Morgan fingerprint density at radius 3 is 1.57 bits per heavy atom. The first-order valence-electron chi connectivity index (χ1n) is 20.2. The van der Waals surface area contributed by atoms with E-state index >= 15 is 0 Å². The predicted octanol–water partition coefficient (Wildman–Crippen LogP) is 11.4. The lowest BCUT2D eigenvalue weighted by Crippen LogP contribution is -2.25. The van der Waals surface area contributed by atoms with Crippen LogP contribution in [0.2, 0.25) is 0 Å². The van der Waals surface area contributed by atoms with Gasteiger partial charge in [0.15, 0.2) is 0 Å². The molecule has 0 amide bonds. The Hall–Kier alpha value is -1.40. The molecular weight excluding hydrogens is 588 g/mol. The van der Waals surface area contributed by atoms with Gasteiger partial charge in [-0.15, -0.1) is 0 Å². The molecule has 276 valence electrons. The number of carbonyl (C=O) groups excluding carboxylic acids is 2. The van der Waals surface area contributed by atoms with E-state index in [0.29, 0.717) is 25.0 Å². The summed E-state index contributed by atoms with van der Waals surface area (Å²) in [5.41, 5.74) is 0. The highest BCUT2D eigenvalue weighted by atomic mass is 16.6. The largest absolute Gasteiger partial charge is 0.463 e. The smallest absolute Gasteiger partial charge is 0.305 e. The highest BCUT2D eigenvalue weighted by Gasteiger charge is 2.36. The Morgan fingerprint density at radius 1 is 0.617 bits per heavy atom. The summed E-state index contributed by atoms with van der Waals surface area (Å²) >= 11 is 0. The van der Waals surface area contributed by atoms with Crippen LogP contribution in [-0.4, -0.2) is 48.6 Å². The monoisotopic (exact) mass is 665 g/mol. The number of ether oxygens (including phenoxy) is 3. The summed E-state index contributed by atoms with van der Waals surface area (Å²) < 4.78 is 16.1. The SMILES string of the molecule is CCCCCC1OC1C/C=C\CCCCCCCC(=O)OC[C@@H](O)COC(=O)CCCCCCCCCCCCCCCCC(C)C. The highest BCUT2D eigenvalue weighted by molar-refractivity contribution is 5.69. The topological polar surface area (TPSA) is 85.4 Å². The molecule has 3 atom stereocenters. The number of aliphatic hydroxyl groups is 1. The molecule has 1 saturated heterocycles. The molecule has 0 spiro atoms. The maximum absolute atomic E-state index is 12.0. The molecule has 1 fully saturated rings. The van der Waals surface area contributed by atoms with Crippen LogP contribution in [0.1, 0.15) is 201 Å². The lowest BCUT2D eigenvalue weighted by molar-refractivity contribution is -0.152. The van der Waals surface area contributed by atoms with Crippen LogP contribution in [0, 0.1) is 5.92 Å². The number of epoxide rings is 1. The third kappa shape index (κ3) is 30.4. The molecule has 47 heavy (non-hydrogen) atoms. The quantitative estimate of drug-likeness (QED) is 0.0314. The maximum atomic E-state index is 12.0. The Bertz CT molecular complexity index is 750. The average Bonchev–Trinajstić information content (AvgIpc) is 3.81. The number of esters is 2. The summed E-state index contributed by atoms with van der Waals surface area (Å²) in [6, 6.07) is 0. The van der Waals surface area contributed by atoms with Crippen LogP contribution in [0.25, 0.3) is 0 Å². The van der Waals surface area contributed by atoms with Gasteiger partial charge in [0.05, 0.1) is 12.2 Å². The van der Waals surface area contributed by atoms with E-state index in [-0.39, 0.29) is 25.2 Å². The van der Waals surface area contributed by atoms with Crippen molar-refractivity contribution in [2.45, 2.75) is 219 Å². The molecule has 0 aromatic heterocycles. The fraction of sp³-hybridized carbons (Fsp3) is 0.902. The minimum absolute atomic E-state index is 0.119. The van der Waals surface area contributed by atoms with Gasteiger partial charge in [0.2, 0.25) is 0 Å². The fourth-order valence-corrected chi connectivity index (χ4v) is 6.16. The van der Waals surface area contributed by atoms with Crippen LogP contribution < -0.4 is 0 Å². The van der Waals surface area contributed by atoms with E-state index < -0.39 is 6.10 Å². The second-order valence-electron chi connectivity index (χ2n) is 14.6. The minimum Gasteiger partial charge on any atom is -0.463 e. The third-order valence-corrected chi connectivity index (χ3v) is 9.35. The van der Waals surface area contributed by atoms with Crippen molar-refractivity contribution < 1.29 is 28.9 Å². The predicted molar refractivity (Wildman–Crippen MR) is 196 cm³/mol. The molecule has 0 bridgehead atoms. The van der Waals surface area contributed by atoms with Crippen LogP contribution in [0.4, 0.5) is 0 Å². The first-order chi connectivity index (χ1) is 22.9. The van der Waals surface area contributed by atoms with E-state index in [2.05, 4.69) is 32.9 Å². The van der Waals surface area contributed by atoms with E-state index in [0.717, 1.165) is 57.3 Å². The normalized spacial score (nSPS) is 16.6. The number of carbonyl (C=O) groups is 2. The van der Waals surface area contributed by atoms with Gasteiger partial charge in [-0.1, -0.05) is 161 Å². The molecular formula is C41H76O6. The maximum Gasteiger partial charge on any atom is 0.305 e. The first-order valence-corrected chi connectivity index (χ1v) is 20.2. The zero-order valence-corrected chi connectivity index (χ0v) is 31.2. The molecule has 0 saturated carbocycles. The highest BCUT2D eigenvalue weighted by Crippen LogP contribution is 2.30. The van der Waals surface area contributed by atoms with Gasteiger partial charge < -0.3 is 19.3 Å². The van der Waals surface area contributed by atoms with Crippen molar-refractivity contribution in [3.8, 4) is 0 Å². The number of allylic oxidation sites excluding steroid dienone is 1. The summed E-state index contributed by atoms with van der Waals surface area (Å²) in [5, 5.41) is 10.0. The summed E-state index contributed by atoms with van der Waals surface area (Å²) in [4.78, 5) is 24.0. The summed E-state index contributed by atoms with van der Waals surface area (Å²) in [6.45, 7) is 6.62. The molecule has 1 aliphatic rings. The molecule has 6 heteroatoms. The molecule has 0 aromatic carbocycles. The van der Waals surface area contributed by atoms with Crippen molar-refractivity contribution in [1.29, 1.82) is 0 Å². The van der Waals surface area contributed by atoms with Crippen molar-refractivity contribution in [3.05, 3.63) is 12.2 Å². The number of rotatable bonds is 35. The van der Waals surface area contributed by atoms with Crippen LogP contribution in [0.3, 0.4) is 0 Å². The van der Waals surface area contributed by atoms with Crippen LogP contribution >= 0.6 is 0 Å². The van der Waals surface area contributed by atoms with Crippen LogP contribution in [0.5, 0.6) is 0 Å². The van der Waals surface area contributed by atoms with Crippen molar-refractivity contribution in [3.63, 3.8) is 0 Å². The molecule has 2 unspecified atom stereocenters. The zero-order chi connectivity index (χ0) is 34.2. The summed E-state index contributed by atoms with van der Waals surface area (Å²) in [5.74, 6) is 0.272. The third-order valence-electron chi connectivity index (χ3n) is 9.35. The molecule has 0 aliphatic carbocycles. The van der Waals surface area contributed by atoms with E-state index in [1.54, 1.807) is 0 Å². The van der Waals surface area contributed by atoms with Gasteiger partial charge in [0.1, 0.15) is 19.3 Å². The van der Waals surface area contributed by atoms with Crippen molar-refractivity contribution >= 4 is 11.9 Å². The molecule has 0 aromatic rings. The lowest BCUT2D eigenvalue weighted by Gasteiger charge is -2.12. The van der Waals surface area contributed by atoms with Crippen molar-refractivity contribution in [2.24, 2.45) is 5.92 Å². The Balaban J connectivity index is 1.79. The fourth-order valence-electron chi connectivity index (χ4n) is 6.16. The van der Waals surface area contributed by atoms with Gasteiger partial charge in [0.25, 0.3) is 0 Å². The number of hydrogen-bond acceptors (Lipinski definition) is 6. The van der Waals surface area contributed by atoms with Gasteiger partial charge in [-0.25, -0.2) is 0 Å². The van der Waals surface area contributed by atoms with Gasteiger partial charge in [0, 0.05) is 12.8 Å². The van der Waals surface area contributed by atoms with Crippen molar-refractivity contribution in [2.75, 3.05) is 13.2 Å². The van der Waals surface area contributed by atoms with Crippen molar-refractivity contribution in [1.82, 2.24) is 0 Å². The van der Waals surface area contributed by atoms with Gasteiger partial charge in [-0.05, 0) is 44.4 Å². The Kier molecular flexibility index (Phi) is 29.6. The number of hydrogen-bond donors (Lipinski definition) is 1. The Morgan fingerprint density at radius 2 is 1.09 bits per heavy atom.